The first-order chi connectivity index (χ1) is 9.49. The van der Waals surface area contributed by atoms with Gasteiger partial charge in [-0.25, -0.2) is 0 Å². The van der Waals surface area contributed by atoms with Gasteiger partial charge in [0.15, 0.2) is 0 Å². The lowest BCUT2D eigenvalue weighted by Gasteiger charge is -2.34. The Bertz CT molecular complexity index is 513. The van der Waals surface area contributed by atoms with Crippen molar-refractivity contribution in [1.29, 1.82) is 0 Å². The number of aromatic nitrogens is 2. The van der Waals surface area contributed by atoms with Crippen molar-refractivity contribution in [2.75, 3.05) is 13.1 Å². The minimum atomic E-state index is -1.19. The van der Waals surface area contributed by atoms with E-state index >= 15 is 0 Å². The van der Waals surface area contributed by atoms with Crippen molar-refractivity contribution in [2.24, 2.45) is 11.8 Å². The number of aliphatic carboxylic acids is 2. The van der Waals surface area contributed by atoms with Gasteiger partial charge in [-0.1, -0.05) is 0 Å². The fraction of sp³-hybridized carbons (Fsp3) is 0.500. The second-order valence-electron chi connectivity index (χ2n) is 4.72. The number of carboxylic acids is 2. The average Bonchev–Trinajstić information content (AvgIpc) is 2.90. The van der Waals surface area contributed by atoms with Crippen molar-refractivity contribution in [3.63, 3.8) is 0 Å². The van der Waals surface area contributed by atoms with Gasteiger partial charge >= 0.3 is 11.9 Å². The van der Waals surface area contributed by atoms with Gasteiger partial charge in [0.25, 0.3) is 0 Å². The van der Waals surface area contributed by atoms with Gasteiger partial charge < -0.3 is 15.1 Å². The molecule has 0 bridgehead atoms. The number of hydrogen-bond acceptors (Lipinski definition) is 4. The minimum absolute atomic E-state index is 0.0249. The van der Waals surface area contributed by atoms with Crippen molar-refractivity contribution in [3.05, 3.63) is 18.5 Å². The van der Waals surface area contributed by atoms with Gasteiger partial charge in [-0.15, -0.1) is 0 Å². The average molecular weight is 281 g/mol. The van der Waals surface area contributed by atoms with E-state index in [-0.39, 0.29) is 32.0 Å². The Kier molecular flexibility index (Phi) is 4.02. The number of piperidine rings is 1. The third kappa shape index (κ3) is 2.95. The van der Waals surface area contributed by atoms with Gasteiger partial charge in [-0.2, -0.15) is 5.10 Å². The maximum atomic E-state index is 12.0. The highest BCUT2D eigenvalue weighted by atomic mass is 16.4. The molecule has 108 valence electrons. The zero-order valence-corrected chi connectivity index (χ0v) is 10.7. The fourth-order valence-corrected chi connectivity index (χ4v) is 2.36. The van der Waals surface area contributed by atoms with Crippen LogP contribution in [0.15, 0.2) is 18.5 Å². The first-order valence-electron chi connectivity index (χ1n) is 6.20. The molecule has 0 aliphatic carbocycles. The summed E-state index contributed by atoms with van der Waals surface area (Å²) in [5, 5.41) is 22.0. The standard InChI is InChI=1S/C12H15N3O5/c16-10(7-15-4-1-3-13-15)14-5-2-8(11(17)18)9(6-14)12(19)20/h1,3-4,8-9H,2,5-7H2,(H,17,18)(H,19,20). The van der Waals surface area contributed by atoms with Crippen LogP contribution < -0.4 is 0 Å². The lowest BCUT2D eigenvalue weighted by Crippen LogP contribution is -2.49. The molecule has 1 aromatic rings. The van der Waals surface area contributed by atoms with Gasteiger partial charge in [0.05, 0.1) is 11.8 Å². The highest BCUT2D eigenvalue weighted by Crippen LogP contribution is 2.24. The number of rotatable bonds is 4. The van der Waals surface area contributed by atoms with Crippen LogP contribution in [0.4, 0.5) is 0 Å². The van der Waals surface area contributed by atoms with Crippen LogP contribution in [-0.4, -0.2) is 55.8 Å². The number of likely N-dealkylation sites (tertiary alicyclic amines) is 1. The quantitative estimate of drug-likeness (QED) is 0.770. The number of carbonyl (C=O) groups excluding carboxylic acids is 1. The molecule has 8 nitrogen and oxygen atoms in total. The molecule has 1 saturated heterocycles. The Labute approximate surface area is 114 Å². The molecule has 0 spiro atoms. The first kappa shape index (κ1) is 14.0. The number of nitrogens with zero attached hydrogens (tertiary/aromatic N) is 3. The molecule has 0 radical (unpaired) electrons. The smallest absolute Gasteiger partial charge is 0.309 e. The normalized spacial score (nSPS) is 22.5. The molecule has 2 N–H and O–H groups in total. The van der Waals surface area contributed by atoms with E-state index in [1.807, 2.05) is 0 Å². The van der Waals surface area contributed by atoms with E-state index in [4.69, 9.17) is 10.2 Å². The Morgan fingerprint density at radius 2 is 1.90 bits per heavy atom. The molecule has 1 amide bonds. The summed E-state index contributed by atoms with van der Waals surface area (Å²) in [7, 11) is 0. The molecule has 2 unspecified atom stereocenters. The summed E-state index contributed by atoms with van der Waals surface area (Å²) in [6.45, 7) is 0.199. The third-order valence-corrected chi connectivity index (χ3v) is 3.46. The highest BCUT2D eigenvalue weighted by molar-refractivity contribution is 5.82. The second kappa shape index (κ2) is 5.72. The summed E-state index contributed by atoms with van der Waals surface area (Å²) in [6.07, 6.45) is 3.33. The van der Waals surface area contributed by atoms with Crippen molar-refractivity contribution in [2.45, 2.75) is 13.0 Å². The molecule has 2 atom stereocenters. The third-order valence-electron chi connectivity index (χ3n) is 3.46. The molecular weight excluding hydrogens is 266 g/mol. The topological polar surface area (TPSA) is 113 Å². The van der Waals surface area contributed by atoms with E-state index in [0.29, 0.717) is 0 Å². The van der Waals surface area contributed by atoms with Crippen LogP contribution >= 0.6 is 0 Å². The Balaban J connectivity index is 2.02. The minimum Gasteiger partial charge on any atom is -0.481 e. The Morgan fingerprint density at radius 1 is 1.20 bits per heavy atom. The lowest BCUT2D eigenvalue weighted by atomic mass is 9.85. The molecule has 1 aliphatic rings. The van der Waals surface area contributed by atoms with E-state index in [1.165, 1.54) is 9.58 Å². The zero-order chi connectivity index (χ0) is 14.7. The number of hydrogen-bond donors (Lipinski definition) is 2. The van der Waals surface area contributed by atoms with Gasteiger partial charge in [0.1, 0.15) is 6.54 Å². The Hall–Kier alpha value is -2.38. The summed E-state index contributed by atoms with van der Waals surface area (Å²) in [6, 6.07) is 1.68. The lowest BCUT2D eigenvalue weighted by molar-refractivity contribution is -0.159. The molecule has 1 fully saturated rings. The van der Waals surface area contributed by atoms with Gasteiger partial charge in [0, 0.05) is 25.5 Å². The largest absolute Gasteiger partial charge is 0.481 e. The van der Waals surface area contributed by atoms with Crippen molar-refractivity contribution < 1.29 is 24.6 Å². The molecule has 1 aromatic heterocycles. The van der Waals surface area contributed by atoms with E-state index in [0.717, 1.165) is 0 Å². The van der Waals surface area contributed by atoms with Crippen molar-refractivity contribution in [1.82, 2.24) is 14.7 Å². The maximum absolute atomic E-state index is 12.0. The molecular formula is C12H15N3O5. The van der Waals surface area contributed by atoms with Crippen LogP contribution in [0.5, 0.6) is 0 Å². The van der Waals surface area contributed by atoms with E-state index < -0.39 is 23.8 Å². The number of carboxylic acid groups (broad SMARTS) is 2. The summed E-state index contributed by atoms with van der Waals surface area (Å²) in [5.41, 5.74) is 0. The van der Waals surface area contributed by atoms with E-state index in [2.05, 4.69) is 5.10 Å². The molecule has 20 heavy (non-hydrogen) atoms. The van der Waals surface area contributed by atoms with Crippen LogP contribution in [0.25, 0.3) is 0 Å². The van der Waals surface area contributed by atoms with Crippen molar-refractivity contribution in [3.8, 4) is 0 Å². The highest BCUT2D eigenvalue weighted by Gasteiger charge is 2.39. The van der Waals surface area contributed by atoms with Crippen LogP contribution in [-0.2, 0) is 20.9 Å². The molecule has 1 aliphatic heterocycles. The van der Waals surface area contributed by atoms with Gasteiger partial charge in [0.2, 0.25) is 5.91 Å². The van der Waals surface area contributed by atoms with Crippen LogP contribution in [0, 0.1) is 11.8 Å². The molecule has 2 heterocycles. The van der Waals surface area contributed by atoms with Gasteiger partial charge in [-0.05, 0) is 12.5 Å². The van der Waals surface area contributed by atoms with Crippen molar-refractivity contribution >= 4 is 17.8 Å². The first-order valence-corrected chi connectivity index (χ1v) is 6.20. The summed E-state index contributed by atoms with van der Waals surface area (Å²) in [5.74, 6) is -4.58. The summed E-state index contributed by atoms with van der Waals surface area (Å²) < 4.78 is 1.45. The molecule has 8 heteroatoms. The number of carbonyl (C=O) groups is 3. The number of amides is 1. The van der Waals surface area contributed by atoms with Crippen LogP contribution in [0.2, 0.25) is 0 Å². The summed E-state index contributed by atoms with van der Waals surface area (Å²) in [4.78, 5) is 35.6. The second-order valence-corrected chi connectivity index (χ2v) is 4.72. The maximum Gasteiger partial charge on any atom is 0.309 e. The van der Waals surface area contributed by atoms with Gasteiger partial charge in [-0.3, -0.25) is 19.1 Å². The fourth-order valence-electron chi connectivity index (χ4n) is 2.36. The van der Waals surface area contributed by atoms with E-state index in [1.54, 1.807) is 18.5 Å². The molecule has 2 rings (SSSR count). The predicted molar refractivity (Wildman–Crippen MR) is 65.7 cm³/mol. The molecule has 0 aromatic carbocycles. The van der Waals surface area contributed by atoms with Crippen LogP contribution in [0.1, 0.15) is 6.42 Å². The van der Waals surface area contributed by atoms with Crippen LogP contribution in [0.3, 0.4) is 0 Å². The predicted octanol–water partition coefficient (Wildman–Crippen LogP) is -0.483. The monoisotopic (exact) mass is 281 g/mol. The summed E-state index contributed by atoms with van der Waals surface area (Å²) >= 11 is 0. The van der Waals surface area contributed by atoms with E-state index in [9.17, 15) is 14.4 Å². The Morgan fingerprint density at radius 3 is 2.45 bits per heavy atom. The zero-order valence-electron chi connectivity index (χ0n) is 10.7. The SMILES string of the molecule is O=C(O)C1CCN(C(=O)Cn2cccn2)CC1C(=O)O. The molecule has 0 saturated carbocycles.